The molecule has 0 amide bonds. The molecule has 332 valence electrons. The van der Waals surface area contributed by atoms with E-state index in [-0.39, 0.29) is 33.9 Å². The molecular formula is C60H62BN3S2. The second-order valence-electron chi connectivity index (χ2n) is 23.4. The Hall–Kier alpha value is -5.30. The summed E-state index contributed by atoms with van der Waals surface area (Å²) in [6.07, 6.45) is 4.85. The Kier molecular flexibility index (Phi) is 9.01. The van der Waals surface area contributed by atoms with Gasteiger partial charge in [0.25, 0.3) is 6.71 Å². The van der Waals surface area contributed by atoms with Crippen molar-refractivity contribution in [1.82, 2.24) is 0 Å². The van der Waals surface area contributed by atoms with E-state index in [9.17, 15) is 0 Å². The molecule has 66 heavy (non-hydrogen) atoms. The van der Waals surface area contributed by atoms with E-state index in [4.69, 9.17) is 0 Å². The summed E-state index contributed by atoms with van der Waals surface area (Å²) in [5.41, 5.74) is 18.7. The highest BCUT2D eigenvalue weighted by Crippen LogP contribution is 2.62. The smallest absolute Gasteiger partial charge is 0.254 e. The van der Waals surface area contributed by atoms with Gasteiger partial charge in [-0.15, -0.1) is 22.7 Å². The Balaban J connectivity index is 1.22. The van der Waals surface area contributed by atoms with Crippen LogP contribution in [0.4, 0.5) is 44.8 Å². The number of para-hydroxylation sites is 1. The van der Waals surface area contributed by atoms with Crippen LogP contribution in [0.1, 0.15) is 124 Å². The summed E-state index contributed by atoms with van der Waals surface area (Å²) in [6, 6.07) is 50.2. The molecule has 2 aromatic heterocycles. The minimum atomic E-state index is -0.0911. The van der Waals surface area contributed by atoms with Crippen molar-refractivity contribution in [1.29, 1.82) is 0 Å². The van der Waals surface area contributed by atoms with Crippen LogP contribution in [-0.4, -0.2) is 12.3 Å². The minimum absolute atomic E-state index is 0.0240. The lowest BCUT2D eigenvalue weighted by Gasteiger charge is -2.51. The van der Waals surface area contributed by atoms with Gasteiger partial charge in [0.1, 0.15) is 0 Å². The summed E-state index contributed by atoms with van der Waals surface area (Å²) >= 11 is 3.96. The summed E-state index contributed by atoms with van der Waals surface area (Å²) < 4.78 is 2.76. The number of hydrogen-bond donors (Lipinski definition) is 0. The molecule has 0 bridgehead atoms. The van der Waals surface area contributed by atoms with Crippen LogP contribution in [-0.2, 0) is 21.7 Å². The lowest BCUT2D eigenvalue weighted by molar-refractivity contribution is 0.195. The van der Waals surface area contributed by atoms with Gasteiger partial charge in [-0.2, -0.15) is 0 Å². The first-order valence-corrected chi connectivity index (χ1v) is 26.0. The first-order chi connectivity index (χ1) is 31.4. The van der Waals surface area contributed by atoms with E-state index in [2.05, 4.69) is 218 Å². The minimum Gasteiger partial charge on any atom is -0.334 e. The van der Waals surface area contributed by atoms with Gasteiger partial charge in [0.2, 0.25) is 0 Å². The zero-order valence-corrected chi connectivity index (χ0v) is 42.3. The number of hydrogen-bond acceptors (Lipinski definition) is 5. The molecule has 8 aromatic rings. The second-order valence-corrected chi connectivity index (χ2v) is 25.7. The maximum absolute atomic E-state index is 2.79. The molecule has 5 heterocycles. The lowest BCUT2D eigenvalue weighted by Crippen LogP contribution is -2.61. The van der Waals surface area contributed by atoms with Gasteiger partial charge in [-0.3, -0.25) is 0 Å². The second kappa shape index (κ2) is 14.1. The van der Waals surface area contributed by atoms with E-state index in [1.165, 1.54) is 122 Å². The third kappa shape index (κ3) is 5.92. The van der Waals surface area contributed by atoms with Crippen LogP contribution in [0.5, 0.6) is 0 Å². The van der Waals surface area contributed by atoms with Crippen LogP contribution >= 0.6 is 22.7 Å². The Bertz CT molecular complexity index is 3250. The molecule has 1 saturated carbocycles. The van der Waals surface area contributed by atoms with Crippen LogP contribution in [0.25, 0.3) is 19.5 Å². The van der Waals surface area contributed by atoms with E-state index >= 15 is 0 Å². The van der Waals surface area contributed by atoms with Crippen molar-refractivity contribution < 1.29 is 0 Å². The molecule has 6 heteroatoms. The highest BCUT2D eigenvalue weighted by Gasteiger charge is 2.58. The van der Waals surface area contributed by atoms with Crippen molar-refractivity contribution in [3.63, 3.8) is 0 Å². The van der Waals surface area contributed by atoms with E-state index in [1.807, 2.05) is 22.7 Å². The molecule has 0 N–H and O–H groups in total. The standard InChI is InChI=1S/C60H62BN3S2/c1-56(2,3)37-22-27-40(28-23-37)62-47-31-26-39(58(7,8)9)34-45(47)61-52-48(62)35-42(64-46-20-14-13-19-44(46)59(10)32-16-17-33-60(59,64)11)36-49(52)63(41-29-24-38(25-30-41)57(4,5)6)54-53(61)51-43-18-12-15-21-50(43)65-55(51)66-54/h12-15,18-31,34-36H,16-17,32-33H2,1-11H3. The van der Waals surface area contributed by atoms with Gasteiger partial charge in [0.05, 0.1) is 14.6 Å². The van der Waals surface area contributed by atoms with Crippen LogP contribution in [0.3, 0.4) is 0 Å². The molecule has 0 spiro atoms. The molecule has 6 aromatic carbocycles. The van der Waals surface area contributed by atoms with Gasteiger partial charge in [-0.1, -0.05) is 155 Å². The fourth-order valence-electron chi connectivity index (χ4n) is 12.4. The summed E-state index contributed by atoms with van der Waals surface area (Å²) in [6.45, 7) is 26.2. The SMILES string of the molecule is CC(C)(C)c1ccc(N2c3ccc(C(C)(C)C)cc3B3c4c2cc(N2c5ccccc5C5(C)CCCCC25C)cc4N(c2ccc(C(C)(C)C)cc2)c2sc4sc5ccccc5c4c23)cc1. The summed E-state index contributed by atoms with van der Waals surface area (Å²) in [5, 5.41) is 4.13. The van der Waals surface area contributed by atoms with Crippen molar-refractivity contribution >= 4 is 110 Å². The zero-order chi connectivity index (χ0) is 45.9. The third-order valence-corrected chi connectivity index (χ3v) is 18.8. The van der Waals surface area contributed by atoms with Crippen LogP contribution in [0.15, 0.2) is 127 Å². The van der Waals surface area contributed by atoms with Gasteiger partial charge >= 0.3 is 0 Å². The number of fused-ring (bicyclic) bond motifs is 11. The van der Waals surface area contributed by atoms with Gasteiger partial charge in [-0.05, 0) is 129 Å². The summed E-state index contributed by atoms with van der Waals surface area (Å²) in [7, 11) is 0. The predicted molar refractivity (Wildman–Crippen MR) is 290 cm³/mol. The lowest BCUT2D eigenvalue weighted by atomic mass is 9.33. The normalized spacial score (nSPS) is 20.1. The first kappa shape index (κ1) is 42.1. The largest absolute Gasteiger partial charge is 0.334 e. The van der Waals surface area contributed by atoms with E-state index < -0.39 is 0 Å². The number of anilines is 8. The maximum atomic E-state index is 2.79. The fraction of sp³-hybridized carbons (Fsp3) is 0.333. The highest BCUT2D eigenvalue weighted by atomic mass is 32.2. The Morgan fingerprint density at radius 2 is 1.09 bits per heavy atom. The molecule has 0 saturated heterocycles. The topological polar surface area (TPSA) is 9.72 Å². The molecule has 3 aliphatic heterocycles. The van der Waals surface area contributed by atoms with E-state index in [0.717, 1.165) is 6.42 Å². The molecule has 4 aliphatic rings. The van der Waals surface area contributed by atoms with Gasteiger partial charge in [0, 0.05) is 60.7 Å². The van der Waals surface area contributed by atoms with Gasteiger partial charge in [0.15, 0.2) is 0 Å². The van der Waals surface area contributed by atoms with Crippen LogP contribution in [0, 0.1) is 0 Å². The Morgan fingerprint density at radius 1 is 0.515 bits per heavy atom. The number of rotatable bonds is 3. The van der Waals surface area contributed by atoms with Gasteiger partial charge in [-0.25, -0.2) is 0 Å². The molecule has 1 aliphatic carbocycles. The first-order valence-electron chi connectivity index (χ1n) is 24.3. The molecular weight excluding hydrogens is 838 g/mol. The van der Waals surface area contributed by atoms with Gasteiger partial charge < -0.3 is 14.7 Å². The van der Waals surface area contributed by atoms with Crippen LogP contribution in [0.2, 0.25) is 0 Å². The van der Waals surface area contributed by atoms with Crippen molar-refractivity contribution in [2.24, 2.45) is 0 Å². The molecule has 2 unspecified atom stereocenters. The maximum Gasteiger partial charge on any atom is 0.254 e. The number of thiophene rings is 2. The van der Waals surface area contributed by atoms with Crippen molar-refractivity contribution in [2.75, 3.05) is 14.7 Å². The summed E-state index contributed by atoms with van der Waals surface area (Å²) in [4.78, 5) is 8.11. The molecule has 0 radical (unpaired) electrons. The van der Waals surface area contributed by atoms with Crippen molar-refractivity contribution in [3.8, 4) is 0 Å². The number of benzene rings is 6. The monoisotopic (exact) mass is 899 g/mol. The number of nitrogens with zero attached hydrogens (tertiary/aromatic N) is 3. The van der Waals surface area contributed by atoms with Crippen LogP contribution < -0.4 is 31.1 Å². The Labute approximate surface area is 401 Å². The molecule has 3 nitrogen and oxygen atoms in total. The third-order valence-electron chi connectivity index (χ3n) is 16.3. The molecule has 2 atom stereocenters. The molecule has 12 rings (SSSR count). The van der Waals surface area contributed by atoms with Crippen molar-refractivity contribution in [3.05, 3.63) is 150 Å². The quantitative estimate of drug-likeness (QED) is 0.164. The highest BCUT2D eigenvalue weighted by molar-refractivity contribution is 7.44. The fourth-order valence-corrected chi connectivity index (χ4v) is 15.2. The Morgan fingerprint density at radius 3 is 1.76 bits per heavy atom. The zero-order valence-electron chi connectivity index (χ0n) is 40.7. The average molecular weight is 900 g/mol. The van der Waals surface area contributed by atoms with E-state index in [0.29, 0.717) is 0 Å². The predicted octanol–water partition coefficient (Wildman–Crippen LogP) is 15.8. The van der Waals surface area contributed by atoms with Crippen molar-refractivity contribution in [2.45, 2.75) is 129 Å². The summed E-state index contributed by atoms with van der Waals surface area (Å²) in [5.74, 6) is 0. The average Bonchev–Trinajstić information content (AvgIpc) is 3.89. The van der Waals surface area contributed by atoms with E-state index in [1.54, 1.807) is 0 Å². The molecule has 1 fully saturated rings.